The van der Waals surface area contributed by atoms with Crippen LogP contribution in [-0.2, 0) is 9.53 Å². The molecule has 17 heavy (non-hydrogen) atoms. The molecule has 0 aliphatic carbocycles. The Bertz CT molecular complexity index is 142. The van der Waals surface area contributed by atoms with Gasteiger partial charge >= 0.3 is 5.97 Å². The lowest BCUT2D eigenvalue weighted by atomic mass is 10.5. The van der Waals surface area contributed by atoms with Crippen molar-refractivity contribution in [2.24, 2.45) is 0 Å². The Kier molecular flexibility index (Phi) is 30.6. The molecule has 0 aliphatic rings. The fraction of sp³-hybridized carbons (Fsp3) is 0.750. The van der Waals surface area contributed by atoms with E-state index in [0.717, 1.165) is 32.1 Å². The van der Waals surface area contributed by atoms with Crippen molar-refractivity contribution in [3.05, 3.63) is 12.7 Å². The van der Waals surface area contributed by atoms with Gasteiger partial charge in [-0.05, 0) is 19.3 Å². The van der Waals surface area contributed by atoms with E-state index in [9.17, 15) is 4.79 Å². The summed E-state index contributed by atoms with van der Waals surface area (Å²) in [5.74, 6) is -0.981. The van der Waals surface area contributed by atoms with Crippen LogP contribution in [0.25, 0.3) is 0 Å². The number of carbonyl (C=O) groups is 1. The molecule has 5 nitrogen and oxygen atoms in total. The van der Waals surface area contributed by atoms with Crippen LogP contribution in [0.2, 0.25) is 0 Å². The number of aliphatic hydroxyl groups excluding tert-OH is 2. The molecule has 5 heteroatoms. The molecule has 0 amide bonds. The predicted octanol–water partition coefficient (Wildman–Crippen LogP) is 1.44. The first kappa shape index (κ1) is 21.4. The first-order valence-electron chi connectivity index (χ1n) is 5.75. The number of hydrogen-bond acceptors (Lipinski definition) is 4. The molecule has 0 spiro atoms. The SMILES string of the molecule is C=CC(=O)O.CCCOCCC.OCCCO. The molecule has 0 aromatic heterocycles. The first-order valence-corrected chi connectivity index (χ1v) is 5.75. The van der Waals surface area contributed by atoms with Crippen molar-refractivity contribution in [3.63, 3.8) is 0 Å². The van der Waals surface area contributed by atoms with Crippen LogP contribution in [0.15, 0.2) is 12.7 Å². The van der Waals surface area contributed by atoms with Gasteiger partial charge in [-0.15, -0.1) is 0 Å². The molecule has 3 N–H and O–H groups in total. The molecule has 0 unspecified atom stereocenters. The Morgan fingerprint density at radius 3 is 1.65 bits per heavy atom. The third-order valence-electron chi connectivity index (χ3n) is 1.19. The van der Waals surface area contributed by atoms with Crippen LogP contribution >= 0.6 is 0 Å². The summed E-state index contributed by atoms with van der Waals surface area (Å²) in [6, 6.07) is 0. The third-order valence-corrected chi connectivity index (χ3v) is 1.19. The van der Waals surface area contributed by atoms with Gasteiger partial charge in [-0.3, -0.25) is 0 Å². The lowest BCUT2D eigenvalue weighted by Gasteiger charge is -1.95. The molecule has 0 aromatic carbocycles. The van der Waals surface area contributed by atoms with Gasteiger partial charge in [0.25, 0.3) is 0 Å². The highest BCUT2D eigenvalue weighted by atomic mass is 16.5. The summed E-state index contributed by atoms with van der Waals surface area (Å²) in [7, 11) is 0. The van der Waals surface area contributed by atoms with Crippen LogP contribution in [0.1, 0.15) is 33.1 Å². The van der Waals surface area contributed by atoms with Crippen LogP contribution < -0.4 is 0 Å². The molecule has 0 saturated carbocycles. The summed E-state index contributed by atoms with van der Waals surface area (Å²) in [5, 5.41) is 23.4. The van der Waals surface area contributed by atoms with E-state index in [1.807, 2.05) is 0 Å². The maximum Gasteiger partial charge on any atom is 0.327 e. The van der Waals surface area contributed by atoms with Crippen molar-refractivity contribution in [1.82, 2.24) is 0 Å². The molecule has 0 radical (unpaired) electrons. The molecule has 104 valence electrons. The topological polar surface area (TPSA) is 87.0 Å². The van der Waals surface area contributed by atoms with Crippen LogP contribution in [0.3, 0.4) is 0 Å². The van der Waals surface area contributed by atoms with Crippen molar-refractivity contribution >= 4 is 5.97 Å². The number of ether oxygens (including phenoxy) is 1. The van der Waals surface area contributed by atoms with Crippen LogP contribution in [-0.4, -0.2) is 47.7 Å². The Labute approximate surface area is 104 Å². The van der Waals surface area contributed by atoms with E-state index in [2.05, 4.69) is 20.4 Å². The van der Waals surface area contributed by atoms with Gasteiger partial charge in [0.1, 0.15) is 0 Å². The zero-order valence-corrected chi connectivity index (χ0v) is 10.9. The molecule has 0 fully saturated rings. The molecule has 0 aliphatic heterocycles. The fourth-order valence-electron chi connectivity index (χ4n) is 0.461. The lowest BCUT2D eigenvalue weighted by Crippen LogP contribution is -1.92. The Morgan fingerprint density at radius 1 is 1.18 bits per heavy atom. The van der Waals surface area contributed by atoms with Gasteiger partial charge in [-0.1, -0.05) is 20.4 Å². The Morgan fingerprint density at radius 2 is 1.53 bits per heavy atom. The first-order chi connectivity index (χ1) is 8.10. The molecular formula is C12H26O5. The van der Waals surface area contributed by atoms with Gasteiger partial charge in [-0.2, -0.15) is 0 Å². The fourth-order valence-corrected chi connectivity index (χ4v) is 0.461. The predicted molar refractivity (Wildman–Crippen MR) is 68.0 cm³/mol. The van der Waals surface area contributed by atoms with Crippen molar-refractivity contribution in [3.8, 4) is 0 Å². The van der Waals surface area contributed by atoms with Crippen LogP contribution in [0, 0.1) is 0 Å². The second kappa shape index (κ2) is 24.4. The minimum atomic E-state index is -0.981. The van der Waals surface area contributed by atoms with Crippen molar-refractivity contribution < 1.29 is 24.9 Å². The lowest BCUT2D eigenvalue weighted by molar-refractivity contribution is -0.131. The maximum atomic E-state index is 9.25. The molecular weight excluding hydrogens is 224 g/mol. The zero-order chi connectivity index (χ0) is 13.9. The van der Waals surface area contributed by atoms with E-state index < -0.39 is 5.97 Å². The second-order valence-electron chi connectivity index (χ2n) is 2.96. The van der Waals surface area contributed by atoms with Gasteiger partial charge in [0.05, 0.1) is 0 Å². The quantitative estimate of drug-likeness (QED) is 0.470. The van der Waals surface area contributed by atoms with Gasteiger partial charge < -0.3 is 20.1 Å². The monoisotopic (exact) mass is 250 g/mol. The molecule has 0 bridgehead atoms. The smallest absolute Gasteiger partial charge is 0.327 e. The van der Waals surface area contributed by atoms with Crippen molar-refractivity contribution in [1.29, 1.82) is 0 Å². The summed E-state index contributed by atoms with van der Waals surface area (Å²) < 4.78 is 5.13. The highest BCUT2D eigenvalue weighted by Gasteiger charge is 1.78. The number of carboxylic acid groups (broad SMARTS) is 1. The summed E-state index contributed by atoms with van der Waals surface area (Å²) in [5.41, 5.74) is 0. The zero-order valence-electron chi connectivity index (χ0n) is 10.9. The van der Waals surface area contributed by atoms with E-state index >= 15 is 0 Å². The van der Waals surface area contributed by atoms with E-state index in [4.69, 9.17) is 20.1 Å². The Balaban J connectivity index is -0.000000177. The molecule has 0 saturated heterocycles. The highest BCUT2D eigenvalue weighted by Crippen LogP contribution is 1.81. The summed E-state index contributed by atoms with van der Waals surface area (Å²) in [6.45, 7) is 9.24. The minimum absolute atomic E-state index is 0.0938. The third kappa shape index (κ3) is 51.4. The number of aliphatic carboxylic acids is 1. The Hall–Kier alpha value is -0.910. The van der Waals surface area contributed by atoms with Crippen molar-refractivity contribution in [2.75, 3.05) is 26.4 Å². The van der Waals surface area contributed by atoms with E-state index in [1.165, 1.54) is 0 Å². The molecule has 0 rings (SSSR count). The largest absolute Gasteiger partial charge is 0.478 e. The standard InChI is InChI=1S/C6H14O.C3H4O2.C3H8O2/c1-3-5-7-6-4-2;1-2-3(4)5;4-2-1-3-5/h3-6H2,1-2H3;2H,1H2,(H,4,5);4-5H,1-3H2. The number of carboxylic acids is 1. The molecule has 0 aromatic rings. The van der Waals surface area contributed by atoms with Gasteiger partial charge in [0, 0.05) is 32.5 Å². The normalized spacial score (nSPS) is 8.24. The van der Waals surface area contributed by atoms with Crippen molar-refractivity contribution in [2.45, 2.75) is 33.1 Å². The van der Waals surface area contributed by atoms with Gasteiger partial charge in [-0.25, -0.2) is 4.79 Å². The van der Waals surface area contributed by atoms with Gasteiger partial charge in [0.15, 0.2) is 0 Å². The molecule has 0 heterocycles. The average molecular weight is 250 g/mol. The highest BCUT2D eigenvalue weighted by molar-refractivity contribution is 5.78. The summed E-state index contributed by atoms with van der Waals surface area (Å²) >= 11 is 0. The summed E-state index contributed by atoms with van der Waals surface area (Å²) in [4.78, 5) is 9.25. The minimum Gasteiger partial charge on any atom is -0.478 e. The van der Waals surface area contributed by atoms with Gasteiger partial charge in [0.2, 0.25) is 0 Å². The molecule has 0 atom stereocenters. The second-order valence-corrected chi connectivity index (χ2v) is 2.96. The maximum absolute atomic E-state index is 9.25. The van der Waals surface area contributed by atoms with Crippen LogP contribution in [0.4, 0.5) is 0 Å². The van der Waals surface area contributed by atoms with E-state index in [1.54, 1.807) is 0 Å². The number of rotatable bonds is 7. The van der Waals surface area contributed by atoms with E-state index in [0.29, 0.717) is 6.42 Å². The average Bonchev–Trinajstić information content (AvgIpc) is 2.32. The van der Waals surface area contributed by atoms with E-state index in [-0.39, 0.29) is 13.2 Å². The number of aliphatic hydroxyl groups is 2. The summed E-state index contributed by atoms with van der Waals surface area (Å²) in [6.07, 6.45) is 3.61. The number of hydrogen-bond donors (Lipinski definition) is 3. The van der Waals surface area contributed by atoms with Crippen LogP contribution in [0.5, 0.6) is 0 Å².